The van der Waals surface area contributed by atoms with E-state index in [0.717, 1.165) is 17.3 Å². The topological polar surface area (TPSA) is 72.9 Å². The van der Waals surface area contributed by atoms with Gasteiger partial charge in [-0.1, -0.05) is 41.4 Å². The average Bonchev–Trinajstić information content (AvgIpc) is 2.96. The van der Waals surface area contributed by atoms with Crippen LogP contribution >= 0.6 is 35.0 Å². The van der Waals surface area contributed by atoms with Gasteiger partial charge in [-0.05, 0) is 60.2 Å². The predicted molar refractivity (Wildman–Crippen MR) is 117 cm³/mol. The second-order valence-corrected chi connectivity index (χ2v) is 8.01. The van der Waals surface area contributed by atoms with Gasteiger partial charge in [-0.3, -0.25) is 14.5 Å². The zero-order valence-corrected chi connectivity index (χ0v) is 18.2. The summed E-state index contributed by atoms with van der Waals surface area (Å²) in [5.74, 6) is -0.552. The third kappa shape index (κ3) is 5.56. The van der Waals surface area contributed by atoms with Crippen LogP contribution < -0.4 is 4.74 Å². The highest BCUT2D eigenvalue weighted by Crippen LogP contribution is 2.34. The molecule has 2 amide bonds. The van der Waals surface area contributed by atoms with Crippen molar-refractivity contribution in [2.45, 2.75) is 13.5 Å². The summed E-state index contributed by atoms with van der Waals surface area (Å²) >= 11 is 12.9. The van der Waals surface area contributed by atoms with Crippen LogP contribution in [0.1, 0.15) is 18.1 Å². The largest absolute Gasteiger partial charge is 0.480 e. The molecular weight excluding hydrogens is 449 g/mol. The molecule has 6 nitrogen and oxygen atoms in total. The molecule has 0 saturated carbocycles. The molecule has 30 heavy (non-hydrogen) atoms. The number of ether oxygens (including phenoxy) is 2. The molecule has 1 aliphatic rings. The lowest BCUT2D eigenvalue weighted by atomic mass is 10.2. The third-order valence-electron chi connectivity index (χ3n) is 4.03. The first-order valence-corrected chi connectivity index (χ1v) is 10.5. The molecular formula is C21H17Cl2NO5S. The van der Waals surface area contributed by atoms with Crippen LogP contribution in [0.2, 0.25) is 10.0 Å². The molecule has 0 atom stereocenters. The minimum atomic E-state index is -0.494. The normalized spacial score (nSPS) is 15.0. The van der Waals surface area contributed by atoms with Gasteiger partial charge >= 0.3 is 5.97 Å². The van der Waals surface area contributed by atoms with Gasteiger partial charge in [-0.25, -0.2) is 4.79 Å². The summed E-state index contributed by atoms with van der Waals surface area (Å²) in [4.78, 5) is 37.8. The second kappa shape index (κ2) is 10.0. The second-order valence-electron chi connectivity index (χ2n) is 6.18. The molecule has 3 rings (SSSR count). The number of esters is 1. The van der Waals surface area contributed by atoms with E-state index in [4.69, 9.17) is 32.7 Å². The van der Waals surface area contributed by atoms with Crippen LogP contribution in [0.25, 0.3) is 6.08 Å². The molecule has 0 bridgehead atoms. The number of carbonyl (C=O) groups excluding carboxylic acids is 3. The van der Waals surface area contributed by atoms with Crippen molar-refractivity contribution in [2.75, 3.05) is 13.2 Å². The number of nitrogens with zero attached hydrogens (tertiary/aromatic N) is 1. The maximum absolute atomic E-state index is 12.7. The number of imide groups is 1. The number of thioether (sulfide) groups is 1. The summed E-state index contributed by atoms with van der Waals surface area (Å²) < 4.78 is 10.1. The molecule has 0 spiro atoms. The number of benzene rings is 2. The van der Waals surface area contributed by atoms with E-state index in [9.17, 15) is 14.4 Å². The van der Waals surface area contributed by atoms with Crippen molar-refractivity contribution >= 4 is 58.2 Å². The fourth-order valence-corrected chi connectivity index (χ4v) is 3.83. The molecule has 0 aliphatic carbocycles. The first-order valence-electron chi connectivity index (χ1n) is 8.95. The zero-order valence-electron chi connectivity index (χ0n) is 15.9. The number of halogens is 2. The summed E-state index contributed by atoms with van der Waals surface area (Å²) in [6.07, 6.45) is 1.59. The molecule has 1 heterocycles. The number of rotatable bonds is 7. The van der Waals surface area contributed by atoms with E-state index in [1.807, 2.05) is 0 Å². The van der Waals surface area contributed by atoms with Crippen LogP contribution in [0, 0.1) is 0 Å². The van der Waals surface area contributed by atoms with Crippen LogP contribution in [0.3, 0.4) is 0 Å². The summed E-state index contributed by atoms with van der Waals surface area (Å²) in [5, 5.41) is 0.509. The standard InChI is InChI=1S/C21H17Cl2NO5S/c1-2-28-19(25)12-29-17-8-5-14(9-16(17)23)10-18-20(26)24(21(27)30-18)11-13-3-6-15(22)7-4-13/h3-10H,2,11-12H2,1H3. The maximum Gasteiger partial charge on any atom is 0.344 e. The highest BCUT2D eigenvalue weighted by molar-refractivity contribution is 8.18. The summed E-state index contributed by atoms with van der Waals surface area (Å²) in [6, 6.07) is 11.8. The van der Waals surface area contributed by atoms with Crippen molar-refractivity contribution in [3.05, 3.63) is 68.5 Å². The van der Waals surface area contributed by atoms with Crippen LogP contribution in [0.4, 0.5) is 4.79 Å². The van der Waals surface area contributed by atoms with E-state index < -0.39 is 5.97 Å². The van der Waals surface area contributed by atoms with Crippen LogP contribution in [-0.2, 0) is 20.9 Å². The lowest BCUT2D eigenvalue weighted by Gasteiger charge is -2.12. The molecule has 0 N–H and O–H groups in total. The Bertz CT molecular complexity index is 1010. The Labute approximate surface area is 187 Å². The van der Waals surface area contributed by atoms with Gasteiger partial charge in [0.1, 0.15) is 5.75 Å². The smallest absolute Gasteiger partial charge is 0.344 e. The van der Waals surface area contributed by atoms with Crippen molar-refractivity contribution in [1.82, 2.24) is 4.90 Å². The summed E-state index contributed by atoms with van der Waals surface area (Å²) in [7, 11) is 0. The van der Waals surface area contributed by atoms with Crippen molar-refractivity contribution in [2.24, 2.45) is 0 Å². The Morgan fingerprint density at radius 3 is 2.53 bits per heavy atom. The fourth-order valence-electron chi connectivity index (χ4n) is 2.62. The number of hydrogen-bond acceptors (Lipinski definition) is 6. The van der Waals surface area contributed by atoms with Crippen LogP contribution in [-0.4, -0.2) is 35.2 Å². The minimum Gasteiger partial charge on any atom is -0.480 e. The minimum absolute atomic E-state index is 0.167. The molecule has 2 aromatic carbocycles. The zero-order chi connectivity index (χ0) is 21.7. The monoisotopic (exact) mass is 465 g/mol. The van der Waals surface area contributed by atoms with E-state index in [2.05, 4.69) is 0 Å². The fraction of sp³-hybridized carbons (Fsp3) is 0.190. The number of carbonyl (C=O) groups is 3. The Morgan fingerprint density at radius 2 is 1.87 bits per heavy atom. The van der Waals surface area contributed by atoms with Crippen molar-refractivity contribution < 1.29 is 23.9 Å². The molecule has 0 unspecified atom stereocenters. The first kappa shape index (κ1) is 22.2. The van der Waals surface area contributed by atoms with Gasteiger partial charge in [0.25, 0.3) is 11.1 Å². The van der Waals surface area contributed by atoms with E-state index >= 15 is 0 Å². The Morgan fingerprint density at radius 1 is 1.13 bits per heavy atom. The quantitative estimate of drug-likeness (QED) is 0.414. The lowest BCUT2D eigenvalue weighted by Crippen LogP contribution is -2.27. The predicted octanol–water partition coefficient (Wildman–Crippen LogP) is 5.17. The molecule has 9 heteroatoms. The number of hydrogen-bond donors (Lipinski definition) is 0. The molecule has 156 valence electrons. The highest BCUT2D eigenvalue weighted by atomic mass is 35.5. The van der Waals surface area contributed by atoms with E-state index in [1.165, 1.54) is 4.90 Å². The van der Waals surface area contributed by atoms with Crippen molar-refractivity contribution in [3.63, 3.8) is 0 Å². The van der Waals surface area contributed by atoms with Crippen LogP contribution in [0.5, 0.6) is 5.75 Å². The number of amides is 2. The van der Waals surface area contributed by atoms with Gasteiger partial charge in [-0.2, -0.15) is 0 Å². The van der Waals surface area contributed by atoms with Crippen LogP contribution in [0.15, 0.2) is 47.4 Å². The van der Waals surface area contributed by atoms with Gasteiger partial charge in [0.05, 0.1) is 23.1 Å². The maximum atomic E-state index is 12.7. The Balaban J connectivity index is 1.69. The molecule has 1 saturated heterocycles. The van der Waals surface area contributed by atoms with E-state index in [-0.39, 0.29) is 35.9 Å². The molecule has 1 fully saturated rings. The van der Waals surface area contributed by atoms with Crippen molar-refractivity contribution in [1.29, 1.82) is 0 Å². The average molecular weight is 466 g/mol. The molecule has 1 aliphatic heterocycles. The third-order valence-corrected chi connectivity index (χ3v) is 5.49. The SMILES string of the molecule is CCOC(=O)COc1ccc(C=C2SC(=O)N(Cc3ccc(Cl)cc3)C2=O)cc1Cl. The highest BCUT2D eigenvalue weighted by Gasteiger charge is 2.35. The Kier molecular flexibility index (Phi) is 7.42. The van der Waals surface area contributed by atoms with E-state index in [1.54, 1.807) is 55.5 Å². The Hall–Kier alpha value is -2.48. The summed E-state index contributed by atoms with van der Waals surface area (Å²) in [6.45, 7) is 1.88. The van der Waals surface area contributed by atoms with Gasteiger partial charge in [0.15, 0.2) is 6.61 Å². The lowest BCUT2D eigenvalue weighted by molar-refractivity contribution is -0.145. The molecule has 2 aromatic rings. The van der Waals surface area contributed by atoms with Gasteiger partial charge in [0.2, 0.25) is 0 Å². The molecule has 0 radical (unpaired) electrons. The summed E-state index contributed by atoms with van der Waals surface area (Å²) in [5.41, 5.74) is 1.43. The van der Waals surface area contributed by atoms with Gasteiger partial charge < -0.3 is 9.47 Å². The molecule has 0 aromatic heterocycles. The van der Waals surface area contributed by atoms with E-state index in [0.29, 0.717) is 21.2 Å². The van der Waals surface area contributed by atoms with Gasteiger partial charge in [-0.15, -0.1) is 0 Å². The first-order chi connectivity index (χ1) is 14.4. The van der Waals surface area contributed by atoms with Crippen molar-refractivity contribution in [3.8, 4) is 5.75 Å². The van der Waals surface area contributed by atoms with Gasteiger partial charge in [0, 0.05) is 5.02 Å².